The average molecular weight is 343 g/mol. The zero-order chi connectivity index (χ0) is 13.2. The molecule has 3 heterocycles. The van der Waals surface area contributed by atoms with Crippen molar-refractivity contribution in [2.24, 2.45) is 0 Å². The lowest BCUT2D eigenvalue weighted by Gasteiger charge is -2.22. The first-order chi connectivity index (χ1) is 9.22. The second-order valence-electron chi connectivity index (χ2n) is 4.69. The molecule has 2 aromatic heterocycles. The lowest BCUT2D eigenvalue weighted by molar-refractivity contribution is 0.471. The van der Waals surface area contributed by atoms with Gasteiger partial charge in [-0.15, -0.1) is 0 Å². The summed E-state index contributed by atoms with van der Waals surface area (Å²) in [7, 11) is -0.599. The smallest absolute Gasteiger partial charge is 0.155 e. The minimum atomic E-state index is -0.599. The summed E-state index contributed by atoms with van der Waals surface area (Å²) >= 11 is 3.37. The van der Waals surface area contributed by atoms with Gasteiger partial charge in [0.15, 0.2) is 5.65 Å². The number of imidazole rings is 1. The molecular weight excluding hydrogens is 328 g/mol. The molecule has 5 nitrogen and oxygen atoms in total. The molecule has 0 aliphatic carbocycles. The summed E-state index contributed by atoms with van der Waals surface area (Å²) in [5.74, 6) is 1.64. The Morgan fingerprint density at radius 3 is 2.95 bits per heavy atom. The lowest BCUT2D eigenvalue weighted by atomic mass is 10.1. The van der Waals surface area contributed by atoms with Crippen LogP contribution < -0.4 is 5.32 Å². The van der Waals surface area contributed by atoms with Gasteiger partial charge in [-0.2, -0.15) is 0 Å². The van der Waals surface area contributed by atoms with Crippen LogP contribution in [-0.2, 0) is 17.3 Å². The van der Waals surface area contributed by atoms with E-state index in [1.807, 2.05) is 16.8 Å². The number of nitrogens with one attached hydrogen (secondary N) is 1. The van der Waals surface area contributed by atoms with Gasteiger partial charge in [0.1, 0.15) is 4.60 Å². The van der Waals surface area contributed by atoms with E-state index in [2.05, 4.69) is 31.2 Å². The third-order valence-electron chi connectivity index (χ3n) is 3.40. The van der Waals surface area contributed by atoms with Crippen LogP contribution in [0.3, 0.4) is 0 Å². The summed E-state index contributed by atoms with van der Waals surface area (Å²) in [5, 5.41) is 3.53. The van der Waals surface area contributed by atoms with Crippen LogP contribution in [0.5, 0.6) is 0 Å². The summed E-state index contributed by atoms with van der Waals surface area (Å²) in [6, 6.07) is 0.466. The van der Waals surface area contributed by atoms with E-state index in [0.717, 1.165) is 46.8 Å². The number of nitrogens with zero attached hydrogens (tertiary/aromatic N) is 3. The molecule has 1 aliphatic rings. The van der Waals surface area contributed by atoms with E-state index in [1.165, 1.54) is 0 Å². The van der Waals surface area contributed by atoms with Crippen molar-refractivity contribution in [3.63, 3.8) is 0 Å². The molecule has 0 radical (unpaired) electrons. The topological polar surface area (TPSA) is 59.3 Å². The Morgan fingerprint density at radius 1 is 1.37 bits per heavy atom. The molecule has 0 bridgehead atoms. The maximum atomic E-state index is 11.3. The molecule has 1 aliphatic heterocycles. The number of fused-ring (bicyclic) bond motifs is 1. The normalized spacial score (nSPS) is 23.8. The molecule has 2 aromatic rings. The van der Waals surface area contributed by atoms with Crippen LogP contribution in [0.4, 0.5) is 0 Å². The van der Waals surface area contributed by atoms with E-state index in [-0.39, 0.29) is 0 Å². The molecule has 0 amide bonds. The molecule has 19 heavy (non-hydrogen) atoms. The van der Waals surface area contributed by atoms with E-state index in [0.29, 0.717) is 6.04 Å². The highest BCUT2D eigenvalue weighted by atomic mass is 79.9. The molecule has 102 valence electrons. The van der Waals surface area contributed by atoms with Crippen LogP contribution in [-0.4, -0.2) is 36.1 Å². The van der Waals surface area contributed by atoms with Crippen molar-refractivity contribution in [3.8, 4) is 0 Å². The molecule has 1 N–H and O–H groups in total. The Morgan fingerprint density at radius 2 is 2.16 bits per heavy atom. The fourth-order valence-electron chi connectivity index (χ4n) is 2.29. The third kappa shape index (κ3) is 3.04. The van der Waals surface area contributed by atoms with Gasteiger partial charge >= 0.3 is 0 Å². The first kappa shape index (κ1) is 13.2. The van der Waals surface area contributed by atoms with Crippen molar-refractivity contribution in [3.05, 3.63) is 28.9 Å². The molecule has 0 spiro atoms. The minimum absolute atomic E-state index is 0.466. The molecule has 7 heteroatoms. The number of hydrogen-bond acceptors (Lipinski definition) is 4. The van der Waals surface area contributed by atoms with Gasteiger partial charge in [0.2, 0.25) is 0 Å². The number of hydrogen-bond donors (Lipinski definition) is 1. The zero-order valence-corrected chi connectivity index (χ0v) is 12.8. The number of halogens is 1. The summed E-state index contributed by atoms with van der Waals surface area (Å²) < 4.78 is 14.1. The Kier molecular flexibility index (Phi) is 3.95. The average Bonchev–Trinajstić information content (AvgIpc) is 2.80. The Labute approximate surface area is 122 Å². The highest BCUT2D eigenvalue weighted by Crippen LogP contribution is 2.13. The van der Waals surface area contributed by atoms with Gasteiger partial charge in [-0.25, -0.2) is 9.97 Å². The molecule has 0 unspecified atom stereocenters. The standard InChI is InChI=1S/C12H15BrN4OS/c13-11-8-17-10(6-16-12(17)7-15-11)5-14-9-1-3-19(18)4-2-9/h6-9,14H,1-5H2. The Balaban J connectivity index is 1.68. The molecule has 0 atom stereocenters. The van der Waals surface area contributed by atoms with E-state index in [9.17, 15) is 4.21 Å². The van der Waals surface area contributed by atoms with Gasteiger partial charge in [-0.05, 0) is 28.8 Å². The minimum Gasteiger partial charge on any atom is -0.308 e. The van der Waals surface area contributed by atoms with Crippen molar-refractivity contribution in [1.29, 1.82) is 0 Å². The van der Waals surface area contributed by atoms with Gasteiger partial charge in [0.05, 0.1) is 18.1 Å². The van der Waals surface area contributed by atoms with Gasteiger partial charge in [-0.3, -0.25) is 8.61 Å². The Bertz CT molecular complexity index is 605. The highest BCUT2D eigenvalue weighted by Gasteiger charge is 2.17. The largest absolute Gasteiger partial charge is 0.308 e. The first-order valence-corrected chi connectivity index (χ1v) is 8.56. The Hall–Kier alpha value is -0.790. The molecule has 3 rings (SSSR count). The molecular formula is C12H15BrN4OS. The van der Waals surface area contributed by atoms with Crippen LogP contribution >= 0.6 is 15.9 Å². The van der Waals surface area contributed by atoms with Crippen LogP contribution in [0.2, 0.25) is 0 Å². The molecule has 0 saturated carbocycles. The van der Waals surface area contributed by atoms with Crippen LogP contribution in [0.1, 0.15) is 18.5 Å². The molecule has 1 saturated heterocycles. The fourth-order valence-corrected chi connectivity index (χ4v) is 3.90. The second kappa shape index (κ2) is 5.68. The quantitative estimate of drug-likeness (QED) is 0.918. The van der Waals surface area contributed by atoms with Crippen molar-refractivity contribution in [2.75, 3.05) is 11.5 Å². The second-order valence-corrected chi connectivity index (χ2v) is 7.20. The van der Waals surface area contributed by atoms with Crippen molar-refractivity contribution in [2.45, 2.75) is 25.4 Å². The molecule has 1 fully saturated rings. The highest BCUT2D eigenvalue weighted by molar-refractivity contribution is 9.10. The monoisotopic (exact) mass is 342 g/mol. The zero-order valence-electron chi connectivity index (χ0n) is 10.4. The predicted molar refractivity (Wildman–Crippen MR) is 78.4 cm³/mol. The summed E-state index contributed by atoms with van der Waals surface area (Å²) in [6.07, 6.45) is 7.53. The number of rotatable bonds is 3. The van der Waals surface area contributed by atoms with Crippen LogP contribution in [0.25, 0.3) is 5.65 Å². The summed E-state index contributed by atoms with van der Waals surface area (Å²) in [6.45, 7) is 0.773. The van der Waals surface area contributed by atoms with Gasteiger partial charge in [0.25, 0.3) is 0 Å². The maximum absolute atomic E-state index is 11.3. The van der Waals surface area contributed by atoms with Gasteiger partial charge in [0, 0.05) is 41.1 Å². The fraction of sp³-hybridized carbons (Fsp3) is 0.500. The van der Waals surface area contributed by atoms with Crippen LogP contribution in [0.15, 0.2) is 23.2 Å². The number of aromatic nitrogens is 3. The van der Waals surface area contributed by atoms with E-state index >= 15 is 0 Å². The lowest BCUT2D eigenvalue weighted by Crippen LogP contribution is -2.35. The summed E-state index contributed by atoms with van der Waals surface area (Å²) in [4.78, 5) is 8.48. The maximum Gasteiger partial charge on any atom is 0.155 e. The van der Waals surface area contributed by atoms with Crippen molar-refractivity contribution >= 4 is 32.4 Å². The van der Waals surface area contributed by atoms with E-state index < -0.39 is 10.8 Å². The van der Waals surface area contributed by atoms with Crippen LogP contribution in [0, 0.1) is 0 Å². The van der Waals surface area contributed by atoms with Gasteiger partial charge in [-0.1, -0.05) is 0 Å². The van der Waals surface area contributed by atoms with Gasteiger partial charge < -0.3 is 5.32 Å². The van der Waals surface area contributed by atoms with E-state index in [1.54, 1.807) is 6.20 Å². The predicted octanol–water partition coefficient (Wildman–Crippen LogP) is 1.49. The third-order valence-corrected chi connectivity index (χ3v) is 5.19. The SMILES string of the molecule is O=S1CCC(NCc2cnc3cnc(Br)cn23)CC1. The first-order valence-electron chi connectivity index (χ1n) is 6.28. The van der Waals surface area contributed by atoms with Crippen molar-refractivity contribution < 1.29 is 4.21 Å². The molecule has 0 aromatic carbocycles. The summed E-state index contributed by atoms with van der Waals surface area (Å²) in [5.41, 5.74) is 1.97. The van der Waals surface area contributed by atoms with E-state index in [4.69, 9.17) is 0 Å². The van der Waals surface area contributed by atoms with Crippen molar-refractivity contribution in [1.82, 2.24) is 19.7 Å².